The van der Waals surface area contributed by atoms with Crippen molar-refractivity contribution in [3.05, 3.63) is 26.1 Å². The van der Waals surface area contributed by atoms with Crippen LogP contribution in [0.5, 0.6) is 0 Å². The van der Waals surface area contributed by atoms with Crippen molar-refractivity contribution < 1.29 is 4.79 Å². The fourth-order valence-corrected chi connectivity index (χ4v) is 2.90. The molecule has 1 aromatic carbocycles. The zero-order valence-corrected chi connectivity index (χ0v) is 12.6. The number of amides is 1. The number of benzene rings is 1. The lowest BCUT2D eigenvalue weighted by Crippen LogP contribution is -2.09. The lowest BCUT2D eigenvalue weighted by atomic mass is 10.3. The first kappa shape index (κ1) is 13.0. The van der Waals surface area contributed by atoms with Crippen LogP contribution in [0.15, 0.2) is 21.1 Å². The molecule has 2 nitrogen and oxygen atoms in total. The molecular weight excluding hydrogens is 413 g/mol. The summed E-state index contributed by atoms with van der Waals surface area (Å²) < 4.78 is 1.37. The molecule has 0 heterocycles. The highest BCUT2D eigenvalue weighted by atomic mass is 79.9. The Morgan fingerprint density at radius 2 is 1.87 bits per heavy atom. The summed E-state index contributed by atoms with van der Waals surface area (Å²) in [6, 6.07) is 3.37. The molecule has 0 atom stereocenters. The number of hydrogen-bond donors (Lipinski definition) is 1. The van der Waals surface area contributed by atoms with Crippen molar-refractivity contribution in [3.63, 3.8) is 0 Å². The van der Waals surface area contributed by atoms with Gasteiger partial charge in [0.25, 0.3) is 0 Å². The van der Waals surface area contributed by atoms with Gasteiger partial charge in [-0.3, -0.25) is 4.79 Å². The standard InChI is InChI=1S/C9H3Br3ClNO/c10-2-1-8(15)14-9-6(11)3-5(13)4-7(9)12/h3-4H,(H,14,15). The SMILES string of the molecule is O=C(C#CBr)Nc1c(Br)cc(Cl)cc1Br. The van der Waals surface area contributed by atoms with E-state index in [0.717, 1.165) is 0 Å². The summed E-state index contributed by atoms with van der Waals surface area (Å²) in [6.07, 6.45) is 0. The van der Waals surface area contributed by atoms with E-state index in [1.807, 2.05) is 0 Å². The van der Waals surface area contributed by atoms with Crippen molar-refractivity contribution in [1.82, 2.24) is 0 Å². The second-order valence-electron chi connectivity index (χ2n) is 2.42. The monoisotopic (exact) mass is 413 g/mol. The number of carbonyl (C=O) groups is 1. The summed E-state index contributed by atoms with van der Waals surface area (Å²) >= 11 is 15.2. The second kappa shape index (κ2) is 5.90. The molecule has 0 spiro atoms. The van der Waals surface area contributed by atoms with Crippen LogP contribution in [-0.4, -0.2) is 5.91 Å². The Morgan fingerprint density at radius 1 is 1.33 bits per heavy atom. The van der Waals surface area contributed by atoms with Crippen LogP contribution < -0.4 is 5.32 Å². The number of halogens is 4. The first-order valence-corrected chi connectivity index (χ1v) is 6.37. The third kappa shape index (κ3) is 3.80. The molecule has 0 saturated carbocycles. The second-order valence-corrected chi connectivity index (χ2v) is 4.96. The summed E-state index contributed by atoms with van der Waals surface area (Å²) in [6.45, 7) is 0. The van der Waals surface area contributed by atoms with Gasteiger partial charge in [-0.25, -0.2) is 0 Å². The van der Waals surface area contributed by atoms with Gasteiger partial charge in [0, 0.05) is 35.8 Å². The minimum Gasteiger partial charge on any atom is -0.313 e. The van der Waals surface area contributed by atoms with Gasteiger partial charge in [-0.05, 0) is 48.8 Å². The molecule has 1 N–H and O–H groups in total. The molecule has 1 amide bonds. The summed E-state index contributed by atoms with van der Waals surface area (Å²) in [5.74, 6) is 1.90. The predicted molar refractivity (Wildman–Crippen MR) is 72.2 cm³/mol. The topological polar surface area (TPSA) is 29.1 Å². The Bertz CT molecular complexity index is 441. The Morgan fingerprint density at radius 3 is 2.33 bits per heavy atom. The smallest absolute Gasteiger partial charge is 0.301 e. The minimum absolute atomic E-state index is 0.407. The van der Waals surface area contributed by atoms with Crippen LogP contribution in [-0.2, 0) is 4.79 Å². The van der Waals surface area contributed by atoms with Gasteiger partial charge in [0.05, 0.1) is 5.69 Å². The van der Waals surface area contributed by atoms with Gasteiger partial charge in [-0.15, -0.1) is 0 Å². The van der Waals surface area contributed by atoms with Crippen molar-refractivity contribution >= 4 is 71.0 Å². The van der Waals surface area contributed by atoms with E-state index < -0.39 is 5.91 Å². The van der Waals surface area contributed by atoms with Gasteiger partial charge in [0.15, 0.2) is 0 Å². The maximum Gasteiger partial charge on any atom is 0.301 e. The van der Waals surface area contributed by atoms with Crippen molar-refractivity contribution in [1.29, 1.82) is 0 Å². The van der Waals surface area contributed by atoms with E-state index >= 15 is 0 Å². The Hall–Kier alpha value is -0.0200. The van der Waals surface area contributed by atoms with E-state index in [2.05, 4.69) is 63.9 Å². The third-order valence-corrected chi connectivity index (χ3v) is 3.07. The average molecular weight is 416 g/mol. The van der Waals surface area contributed by atoms with Crippen molar-refractivity contribution in [2.75, 3.05) is 5.32 Å². The summed E-state index contributed by atoms with van der Waals surface area (Å²) in [4.78, 5) is 13.5. The van der Waals surface area contributed by atoms with Crippen LogP contribution in [0.4, 0.5) is 5.69 Å². The Kier molecular flexibility index (Phi) is 5.13. The van der Waals surface area contributed by atoms with Crippen molar-refractivity contribution in [2.45, 2.75) is 0 Å². The molecular formula is C9H3Br3ClNO. The first-order valence-electron chi connectivity index (χ1n) is 3.61. The van der Waals surface area contributed by atoms with Crippen LogP contribution in [0.25, 0.3) is 0 Å². The molecule has 6 heteroatoms. The van der Waals surface area contributed by atoms with Crippen LogP contribution in [0.2, 0.25) is 5.02 Å². The van der Waals surface area contributed by atoms with Crippen LogP contribution in [0, 0.1) is 10.8 Å². The summed E-state index contributed by atoms with van der Waals surface area (Å²) in [5.41, 5.74) is 0.597. The number of carbonyl (C=O) groups excluding carboxylic acids is 1. The molecule has 0 saturated heterocycles. The van der Waals surface area contributed by atoms with Gasteiger partial charge in [-0.2, -0.15) is 0 Å². The molecule has 0 fully saturated rings. The van der Waals surface area contributed by atoms with Crippen molar-refractivity contribution in [2.24, 2.45) is 0 Å². The molecule has 0 aliphatic heterocycles. The number of anilines is 1. The van der Waals surface area contributed by atoms with Crippen LogP contribution >= 0.6 is 59.4 Å². The first-order chi connectivity index (χ1) is 7.04. The molecule has 15 heavy (non-hydrogen) atoms. The molecule has 0 aliphatic carbocycles. The number of hydrogen-bond acceptors (Lipinski definition) is 1. The van der Waals surface area contributed by atoms with Crippen LogP contribution in [0.1, 0.15) is 0 Å². The molecule has 78 valence electrons. The van der Waals surface area contributed by atoms with Crippen molar-refractivity contribution in [3.8, 4) is 10.8 Å². The van der Waals surface area contributed by atoms with Gasteiger partial charge in [-0.1, -0.05) is 11.6 Å². The van der Waals surface area contributed by atoms with Gasteiger partial charge < -0.3 is 5.32 Å². The van der Waals surface area contributed by atoms with Gasteiger partial charge >= 0.3 is 5.91 Å². The lowest BCUT2D eigenvalue weighted by Gasteiger charge is -2.07. The maximum atomic E-state index is 11.2. The highest BCUT2D eigenvalue weighted by Crippen LogP contribution is 2.34. The van der Waals surface area contributed by atoms with E-state index in [0.29, 0.717) is 19.7 Å². The largest absolute Gasteiger partial charge is 0.313 e. The molecule has 0 radical (unpaired) electrons. The fourth-order valence-electron chi connectivity index (χ4n) is 0.849. The Labute approximate surface area is 117 Å². The summed E-state index contributed by atoms with van der Waals surface area (Å²) in [7, 11) is 0. The quantitative estimate of drug-likeness (QED) is 0.685. The zero-order chi connectivity index (χ0) is 11.4. The molecule has 0 aliphatic rings. The van der Waals surface area contributed by atoms with Gasteiger partial charge in [0.2, 0.25) is 0 Å². The minimum atomic E-state index is -0.407. The zero-order valence-electron chi connectivity index (χ0n) is 7.07. The predicted octanol–water partition coefficient (Wildman–Crippen LogP) is 4.16. The molecule has 0 aromatic heterocycles. The normalized spacial score (nSPS) is 9.07. The Balaban J connectivity index is 3.03. The summed E-state index contributed by atoms with van der Waals surface area (Å²) in [5, 5.41) is 3.18. The average Bonchev–Trinajstić information content (AvgIpc) is 2.11. The van der Waals surface area contributed by atoms with E-state index in [1.54, 1.807) is 12.1 Å². The van der Waals surface area contributed by atoms with E-state index in [9.17, 15) is 4.79 Å². The third-order valence-electron chi connectivity index (χ3n) is 1.41. The molecule has 1 aromatic rings. The number of nitrogens with one attached hydrogen (secondary N) is 1. The lowest BCUT2D eigenvalue weighted by molar-refractivity contribution is -0.111. The highest BCUT2D eigenvalue weighted by molar-refractivity contribution is 9.12. The molecule has 1 rings (SSSR count). The highest BCUT2D eigenvalue weighted by Gasteiger charge is 2.08. The number of rotatable bonds is 1. The van der Waals surface area contributed by atoms with Crippen LogP contribution in [0.3, 0.4) is 0 Å². The molecule has 0 unspecified atom stereocenters. The van der Waals surface area contributed by atoms with E-state index in [-0.39, 0.29) is 0 Å². The fraction of sp³-hybridized carbons (Fsp3) is 0. The molecule has 0 bridgehead atoms. The van der Waals surface area contributed by atoms with E-state index in [1.165, 1.54) is 0 Å². The van der Waals surface area contributed by atoms with Gasteiger partial charge in [0.1, 0.15) is 0 Å². The van der Waals surface area contributed by atoms with E-state index in [4.69, 9.17) is 11.6 Å². The maximum absolute atomic E-state index is 11.2.